The van der Waals surface area contributed by atoms with Crippen LogP contribution in [0.3, 0.4) is 0 Å². The summed E-state index contributed by atoms with van der Waals surface area (Å²) in [6.45, 7) is 8.59. The minimum atomic E-state index is -0.353. The van der Waals surface area contributed by atoms with Gasteiger partial charge in [0.05, 0.1) is 6.04 Å². The van der Waals surface area contributed by atoms with E-state index in [2.05, 4.69) is 10.6 Å². The molecule has 2 unspecified atom stereocenters. The van der Waals surface area contributed by atoms with Crippen LogP contribution in [-0.2, 0) is 16.0 Å². The van der Waals surface area contributed by atoms with E-state index >= 15 is 0 Å². The second-order valence-corrected chi connectivity index (χ2v) is 7.88. The lowest BCUT2D eigenvalue weighted by Crippen LogP contribution is -2.44. The minimum absolute atomic E-state index is 0.0486. The van der Waals surface area contributed by atoms with Crippen LogP contribution in [0.4, 0.5) is 0 Å². The normalized spacial score (nSPS) is 13.6. The summed E-state index contributed by atoms with van der Waals surface area (Å²) in [4.78, 5) is 25.7. The zero-order valence-electron chi connectivity index (χ0n) is 17.3. The molecule has 0 fully saturated rings. The zero-order chi connectivity index (χ0) is 20.2. The topological polar surface area (TPSA) is 84.2 Å². The first-order valence-electron chi connectivity index (χ1n) is 10.2. The Labute approximate surface area is 164 Å². The highest BCUT2D eigenvalue weighted by atomic mass is 16.2. The summed E-state index contributed by atoms with van der Waals surface area (Å²) < 4.78 is 0. The highest BCUT2D eigenvalue weighted by Crippen LogP contribution is 2.16. The van der Waals surface area contributed by atoms with Crippen LogP contribution in [0.2, 0.25) is 0 Å². The molecule has 0 saturated heterocycles. The fourth-order valence-corrected chi connectivity index (χ4v) is 3.18. The molecule has 0 spiro atoms. The maximum absolute atomic E-state index is 13.0. The van der Waals surface area contributed by atoms with Crippen molar-refractivity contribution in [1.82, 2.24) is 10.6 Å². The molecule has 4 N–H and O–H groups in total. The molecule has 0 aromatic heterocycles. The molecule has 27 heavy (non-hydrogen) atoms. The van der Waals surface area contributed by atoms with Crippen molar-refractivity contribution in [2.75, 3.05) is 6.54 Å². The Morgan fingerprint density at radius 3 is 2.22 bits per heavy atom. The van der Waals surface area contributed by atoms with Crippen LogP contribution < -0.4 is 16.4 Å². The fourth-order valence-electron chi connectivity index (χ4n) is 3.18. The average molecular weight is 376 g/mol. The predicted molar refractivity (Wildman–Crippen MR) is 112 cm³/mol. The van der Waals surface area contributed by atoms with Crippen molar-refractivity contribution in [3.05, 3.63) is 35.9 Å². The predicted octanol–water partition coefficient (Wildman–Crippen LogP) is 2.82. The lowest BCUT2D eigenvalue weighted by atomic mass is 9.89. The van der Waals surface area contributed by atoms with Gasteiger partial charge >= 0.3 is 0 Å². The summed E-state index contributed by atoms with van der Waals surface area (Å²) in [6, 6.07) is 9.94. The molecule has 2 atom stereocenters. The van der Waals surface area contributed by atoms with Gasteiger partial charge in [0, 0.05) is 24.4 Å². The van der Waals surface area contributed by atoms with Crippen molar-refractivity contribution >= 4 is 11.7 Å². The number of hydrogen-bond acceptors (Lipinski definition) is 4. The number of benzene rings is 1. The summed E-state index contributed by atoms with van der Waals surface area (Å²) in [5.41, 5.74) is 6.66. The van der Waals surface area contributed by atoms with Gasteiger partial charge in [-0.05, 0) is 45.2 Å². The van der Waals surface area contributed by atoms with E-state index in [0.29, 0.717) is 13.0 Å². The molecule has 0 saturated carbocycles. The molecule has 1 rings (SSSR count). The van der Waals surface area contributed by atoms with E-state index in [-0.39, 0.29) is 42.2 Å². The molecule has 5 heteroatoms. The molecule has 152 valence electrons. The number of ketones is 1. The van der Waals surface area contributed by atoms with Gasteiger partial charge in [-0.2, -0.15) is 0 Å². The molecule has 5 nitrogen and oxygen atoms in total. The summed E-state index contributed by atoms with van der Waals surface area (Å²) in [6.07, 6.45) is 3.40. The summed E-state index contributed by atoms with van der Waals surface area (Å²) >= 11 is 0. The molecular formula is C22H37N3O2. The quantitative estimate of drug-likeness (QED) is 0.463. The van der Waals surface area contributed by atoms with Gasteiger partial charge in [-0.25, -0.2) is 0 Å². The monoisotopic (exact) mass is 375 g/mol. The number of hydrogen-bond donors (Lipinski definition) is 3. The first kappa shape index (κ1) is 23.3. The van der Waals surface area contributed by atoms with E-state index in [9.17, 15) is 9.59 Å². The van der Waals surface area contributed by atoms with E-state index in [1.54, 1.807) is 0 Å². The van der Waals surface area contributed by atoms with Gasteiger partial charge in [0.2, 0.25) is 5.91 Å². The van der Waals surface area contributed by atoms with Gasteiger partial charge < -0.3 is 16.4 Å². The molecule has 0 aliphatic heterocycles. The largest absolute Gasteiger partial charge is 0.354 e. The number of amides is 1. The van der Waals surface area contributed by atoms with Gasteiger partial charge in [-0.15, -0.1) is 0 Å². The van der Waals surface area contributed by atoms with Crippen molar-refractivity contribution in [1.29, 1.82) is 0 Å². The van der Waals surface area contributed by atoms with Crippen molar-refractivity contribution < 1.29 is 9.59 Å². The average Bonchev–Trinajstić information content (AvgIpc) is 2.60. The second kappa shape index (κ2) is 12.6. The van der Waals surface area contributed by atoms with Crippen molar-refractivity contribution in [3.8, 4) is 0 Å². The standard InChI is InChI=1S/C22H37N3O2/c1-16(2)24-20(12-8-9-13-23)21(26)15-19(22(27)25-17(3)4)14-18-10-6-5-7-11-18/h5-7,10-11,16-17,19-20,24H,8-9,12-15,23H2,1-4H3,(H,25,27). The van der Waals surface area contributed by atoms with Crippen LogP contribution in [0.1, 0.15) is 58.9 Å². The van der Waals surface area contributed by atoms with Gasteiger partial charge in [0.15, 0.2) is 5.78 Å². The molecule has 1 amide bonds. The van der Waals surface area contributed by atoms with Gasteiger partial charge in [-0.3, -0.25) is 9.59 Å². The highest BCUT2D eigenvalue weighted by Gasteiger charge is 2.27. The summed E-state index contributed by atoms with van der Waals surface area (Å²) in [7, 11) is 0. The van der Waals surface area contributed by atoms with E-state index in [1.807, 2.05) is 58.0 Å². The lowest BCUT2D eigenvalue weighted by Gasteiger charge is -2.24. The molecule has 0 aliphatic carbocycles. The first-order chi connectivity index (χ1) is 12.8. The minimum Gasteiger partial charge on any atom is -0.354 e. The molecule has 0 bridgehead atoms. The van der Waals surface area contributed by atoms with Crippen molar-refractivity contribution in [2.24, 2.45) is 11.7 Å². The molecular weight excluding hydrogens is 338 g/mol. The fraction of sp³-hybridized carbons (Fsp3) is 0.636. The van der Waals surface area contributed by atoms with E-state index in [4.69, 9.17) is 5.73 Å². The number of unbranched alkanes of at least 4 members (excludes halogenated alkanes) is 1. The maximum Gasteiger partial charge on any atom is 0.224 e. The zero-order valence-corrected chi connectivity index (χ0v) is 17.3. The molecule has 1 aromatic carbocycles. The third kappa shape index (κ3) is 9.68. The lowest BCUT2D eigenvalue weighted by molar-refractivity contribution is -0.130. The molecule has 0 aliphatic rings. The Morgan fingerprint density at radius 2 is 1.67 bits per heavy atom. The van der Waals surface area contributed by atoms with Crippen LogP contribution >= 0.6 is 0 Å². The maximum atomic E-state index is 13.0. The third-order valence-corrected chi connectivity index (χ3v) is 4.44. The van der Waals surface area contributed by atoms with Crippen LogP contribution in [0.5, 0.6) is 0 Å². The Hall–Kier alpha value is -1.72. The Bertz CT molecular complexity index is 558. The van der Waals surface area contributed by atoms with E-state index < -0.39 is 0 Å². The third-order valence-electron chi connectivity index (χ3n) is 4.44. The number of rotatable bonds is 13. The van der Waals surface area contributed by atoms with Crippen LogP contribution in [0.15, 0.2) is 30.3 Å². The van der Waals surface area contributed by atoms with Crippen LogP contribution in [0, 0.1) is 5.92 Å². The first-order valence-corrected chi connectivity index (χ1v) is 10.2. The Morgan fingerprint density at radius 1 is 1.00 bits per heavy atom. The van der Waals surface area contributed by atoms with Crippen molar-refractivity contribution in [3.63, 3.8) is 0 Å². The highest BCUT2D eigenvalue weighted by molar-refractivity contribution is 5.90. The number of nitrogens with one attached hydrogen (secondary N) is 2. The van der Waals surface area contributed by atoms with E-state index in [1.165, 1.54) is 0 Å². The van der Waals surface area contributed by atoms with Crippen LogP contribution in [0.25, 0.3) is 0 Å². The van der Waals surface area contributed by atoms with Crippen molar-refractivity contribution in [2.45, 2.75) is 77.9 Å². The second-order valence-electron chi connectivity index (χ2n) is 7.88. The molecule has 0 radical (unpaired) electrons. The van der Waals surface area contributed by atoms with E-state index in [0.717, 1.165) is 24.8 Å². The number of carbonyl (C=O) groups excluding carboxylic acids is 2. The Balaban J connectivity index is 2.85. The molecule has 0 heterocycles. The summed E-state index contributed by atoms with van der Waals surface area (Å²) in [5, 5.41) is 6.34. The van der Waals surface area contributed by atoms with Crippen LogP contribution in [-0.4, -0.2) is 36.4 Å². The smallest absolute Gasteiger partial charge is 0.224 e. The van der Waals surface area contributed by atoms with Gasteiger partial charge in [-0.1, -0.05) is 50.6 Å². The van der Waals surface area contributed by atoms with Gasteiger partial charge in [0.25, 0.3) is 0 Å². The number of nitrogens with two attached hydrogens (primary N) is 1. The SMILES string of the molecule is CC(C)NC(=O)C(CC(=O)C(CCCCN)NC(C)C)Cc1ccccc1. The summed E-state index contributed by atoms with van der Waals surface area (Å²) in [5.74, 6) is -0.290. The molecule has 1 aromatic rings. The number of Topliss-reactive ketones (excluding diaryl/α,β-unsaturated/α-hetero) is 1. The number of carbonyl (C=O) groups is 2. The Kier molecular flexibility index (Phi) is 10.9. The van der Waals surface area contributed by atoms with Gasteiger partial charge in [0.1, 0.15) is 0 Å².